The molecule has 1 N–H and O–H groups in total. The van der Waals surface area contributed by atoms with Gasteiger partial charge >= 0.3 is 0 Å². The Morgan fingerprint density at radius 1 is 0.853 bits per heavy atom. The molecule has 2 amide bonds. The molecule has 0 atom stereocenters. The van der Waals surface area contributed by atoms with Crippen LogP contribution in [0.15, 0.2) is 72.4 Å². The molecule has 174 valence electrons. The van der Waals surface area contributed by atoms with Crippen LogP contribution in [0, 0.1) is 12.7 Å². The molecule has 4 rings (SSSR count). The molecule has 0 saturated heterocycles. The summed E-state index contributed by atoms with van der Waals surface area (Å²) in [5, 5.41) is 3.11. The van der Waals surface area contributed by atoms with Crippen LogP contribution in [0.2, 0.25) is 0 Å². The lowest BCUT2D eigenvalue weighted by Crippen LogP contribution is -2.33. The number of aryl methyl sites for hydroxylation is 1. The molecule has 6 nitrogen and oxygen atoms in total. The van der Waals surface area contributed by atoms with Crippen LogP contribution >= 0.6 is 0 Å². The molecule has 0 fully saturated rings. The van der Waals surface area contributed by atoms with Crippen molar-refractivity contribution < 1.29 is 23.5 Å². The second-order valence-corrected chi connectivity index (χ2v) is 7.64. The highest BCUT2D eigenvalue weighted by molar-refractivity contribution is 6.46. The largest absolute Gasteiger partial charge is 0.490 e. The first-order valence-corrected chi connectivity index (χ1v) is 11.1. The summed E-state index contributed by atoms with van der Waals surface area (Å²) in [6.45, 7) is 6.49. The lowest BCUT2D eigenvalue weighted by molar-refractivity contribution is -0.120. The van der Waals surface area contributed by atoms with Crippen molar-refractivity contribution in [2.24, 2.45) is 0 Å². The zero-order valence-corrected chi connectivity index (χ0v) is 19.2. The lowest BCUT2D eigenvalue weighted by Gasteiger charge is -2.18. The Labute approximate surface area is 197 Å². The molecule has 0 unspecified atom stereocenters. The Hall–Kier alpha value is -4.13. The summed E-state index contributed by atoms with van der Waals surface area (Å²) in [5.41, 5.74) is 2.54. The first kappa shape index (κ1) is 23.0. The van der Waals surface area contributed by atoms with Gasteiger partial charge in [-0.25, -0.2) is 9.29 Å². The molecule has 0 aliphatic carbocycles. The molecule has 1 aliphatic rings. The Balaban J connectivity index is 1.80. The molecule has 34 heavy (non-hydrogen) atoms. The van der Waals surface area contributed by atoms with Gasteiger partial charge in [-0.3, -0.25) is 9.59 Å². The molecule has 0 saturated carbocycles. The predicted molar refractivity (Wildman–Crippen MR) is 129 cm³/mol. The minimum Gasteiger partial charge on any atom is -0.490 e. The normalized spacial score (nSPS) is 13.5. The first-order chi connectivity index (χ1) is 16.4. The summed E-state index contributed by atoms with van der Waals surface area (Å²) in [4.78, 5) is 28.2. The van der Waals surface area contributed by atoms with E-state index in [4.69, 9.17) is 9.47 Å². The van der Waals surface area contributed by atoms with Crippen LogP contribution in [-0.4, -0.2) is 25.0 Å². The minimum atomic E-state index is -0.495. The van der Waals surface area contributed by atoms with E-state index in [9.17, 15) is 14.0 Å². The fraction of sp³-hybridized carbons (Fsp3) is 0.185. The second-order valence-electron chi connectivity index (χ2n) is 7.64. The standard InChI is InChI=1S/C27H25FN2O4/c1-4-33-22-15-14-20(16-23(22)34-5-2)29-25-24(18-10-12-19(28)13-11-18)26(31)30(27(25)32)21-9-7-6-8-17(21)3/h6-16,29H,4-5H2,1-3H3. The summed E-state index contributed by atoms with van der Waals surface area (Å²) >= 11 is 0. The molecular formula is C27H25FN2O4. The zero-order valence-electron chi connectivity index (χ0n) is 19.2. The topological polar surface area (TPSA) is 67.9 Å². The number of carbonyl (C=O) groups is 2. The zero-order chi connectivity index (χ0) is 24.2. The van der Waals surface area contributed by atoms with Gasteiger partial charge in [0.1, 0.15) is 11.5 Å². The molecule has 1 heterocycles. The van der Waals surface area contributed by atoms with Gasteiger partial charge in [0.15, 0.2) is 11.5 Å². The number of nitrogens with one attached hydrogen (secondary N) is 1. The number of imide groups is 1. The molecule has 0 aromatic heterocycles. The van der Waals surface area contributed by atoms with Crippen molar-refractivity contribution in [3.05, 3.63) is 89.4 Å². The Morgan fingerprint density at radius 2 is 1.53 bits per heavy atom. The third kappa shape index (κ3) is 4.37. The summed E-state index contributed by atoms with van der Waals surface area (Å²) in [5.74, 6) is -0.307. The number of nitrogens with zero attached hydrogens (tertiary/aromatic N) is 1. The minimum absolute atomic E-state index is 0.103. The van der Waals surface area contributed by atoms with Crippen LogP contribution in [-0.2, 0) is 9.59 Å². The van der Waals surface area contributed by atoms with Crippen molar-refractivity contribution in [2.75, 3.05) is 23.4 Å². The summed E-state index contributed by atoms with van der Waals surface area (Å²) in [6, 6.07) is 17.9. The highest BCUT2D eigenvalue weighted by Crippen LogP contribution is 2.37. The molecule has 3 aromatic rings. The van der Waals surface area contributed by atoms with Crippen molar-refractivity contribution in [2.45, 2.75) is 20.8 Å². The molecule has 1 aliphatic heterocycles. The average Bonchev–Trinajstić information content (AvgIpc) is 3.06. The number of rotatable bonds is 8. The van der Waals surface area contributed by atoms with Crippen molar-refractivity contribution in [3.8, 4) is 11.5 Å². The summed E-state index contributed by atoms with van der Waals surface area (Å²) in [7, 11) is 0. The van der Waals surface area contributed by atoms with E-state index in [-0.39, 0.29) is 11.3 Å². The quantitative estimate of drug-likeness (QED) is 0.461. The van der Waals surface area contributed by atoms with Gasteiger partial charge in [-0.05, 0) is 62.2 Å². The molecule has 0 bridgehead atoms. The smallest absolute Gasteiger partial charge is 0.282 e. The first-order valence-electron chi connectivity index (χ1n) is 11.1. The van der Waals surface area contributed by atoms with Gasteiger partial charge < -0.3 is 14.8 Å². The Morgan fingerprint density at radius 3 is 2.21 bits per heavy atom. The van der Waals surface area contributed by atoms with Crippen LogP contribution in [0.5, 0.6) is 11.5 Å². The number of para-hydroxylation sites is 1. The average molecular weight is 461 g/mol. The highest BCUT2D eigenvalue weighted by Gasteiger charge is 2.40. The van der Waals surface area contributed by atoms with E-state index in [1.54, 1.807) is 30.3 Å². The van der Waals surface area contributed by atoms with E-state index >= 15 is 0 Å². The maximum absolute atomic E-state index is 13.6. The Kier molecular flexibility index (Phi) is 6.63. The van der Waals surface area contributed by atoms with Gasteiger partial charge in [-0.2, -0.15) is 0 Å². The number of hydrogen-bond donors (Lipinski definition) is 1. The number of carbonyl (C=O) groups excluding carboxylic acids is 2. The van der Waals surface area contributed by atoms with Crippen molar-refractivity contribution in [1.82, 2.24) is 0 Å². The number of hydrogen-bond acceptors (Lipinski definition) is 5. The van der Waals surface area contributed by atoms with Crippen molar-refractivity contribution in [1.29, 1.82) is 0 Å². The third-order valence-electron chi connectivity index (χ3n) is 5.39. The van der Waals surface area contributed by atoms with E-state index in [2.05, 4.69) is 5.32 Å². The van der Waals surface area contributed by atoms with Gasteiger partial charge in [-0.1, -0.05) is 30.3 Å². The third-order valence-corrected chi connectivity index (χ3v) is 5.39. The number of anilines is 2. The maximum Gasteiger partial charge on any atom is 0.282 e. The molecular weight excluding hydrogens is 435 g/mol. The van der Waals surface area contributed by atoms with E-state index in [0.717, 1.165) is 10.5 Å². The van der Waals surface area contributed by atoms with Crippen LogP contribution < -0.4 is 19.7 Å². The molecule has 0 spiro atoms. The van der Waals surface area contributed by atoms with Crippen LogP contribution in [0.25, 0.3) is 5.57 Å². The van der Waals surface area contributed by atoms with Gasteiger partial charge in [0, 0.05) is 11.8 Å². The van der Waals surface area contributed by atoms with Crippen molar-refractivity contribution in [3.63, 3.8) is 0 Å². The number of amides is 2. The van der Waals surface area contributed by atoms with Crippen LogP contribution in [0.3, 0.4) is 0 Å². The maximum atomic E-state index is 13.6. The van der Waals surface area contributed by atoms with Gasteiger partial charge in [0.2, 0.25) is 0 Å². The number of ether oxygens (including phenoxy) is 2. The fourth-order valence-electron chi connectivity index (χ4n) is 3.84. The fourth-order valence-corrected chi connectivity index (χ4v) is 3.84. The molecule has 0 radical (unpaired) electrons. The number of halogens is 1. The van der Waals surface area contributed by atoms with E-state index in [1.165, 1.54) is 24.3 Å². The molecule has 3 aromatic carbocycles. The molecule has 7 heteroatoms. The highest BCUT2D eigenvalue weighted by atomic mass is 19.1. The van der Waals surface area contributed by atoms with Gasteiger partial charge in [0.05, 0.1) is 24.5 Å². The lowest BCUT2D eigenvalue weighted by atomic mass is 10.0. The second kappa shape index (κ2) is 9.79. The van der Waals surface area contributed by atoms with Gasteiger partial charge in [-0.15, -0.1) is 0 Å². The Bertz CT molecular complexity index is 1270. The van der Waals surface area contributed by atoms with E-state index in [1.807, 2.05) is 32.9 Å². The number of benzene rings is 3. The van der Waals surface area contributed by atoms with Gasteiger partial charge in [0.25, 0.3) is 11.8 Å². The predicted octanol–water partition coefficient (Wildman–Crippen LogP) is 5.33. The van der Waals surface area contributed by atoms with Crippen LogP contribution in [0.4, 0.5) is 15.8 Å². The SMILES string of the molecule is CCOc1ccc(NC2=C(c3ccc(F)cc3)C(=O)N(c3ccccc3C)C2=O)cc1OCC. The monoisotopic (exact) mass is 460 g/mol. The van der Waals surface area contributed by atoms with E-state index < -0.39 is 17.6 Å². The van der Waals surface area contributed by atoms with Crippen LogP contribution in [0.1, 0.15) is 25.0 Å². The summed E-state index contributed by atoms with van der Waals surface area (Å²) < 4.78 is 24.9. The van der Waals surface area contributed by atoms with Crippen molar-refractivity contribution >= 4 is 28.8 Å². The summed E-state index contributed by atoms with van der Waals surface area (Å²) in [6.07, 6.45) is 0. The van der Waals surface area contributed by atoms with E-state index in [0.29, 0.717) is 41.7 Å².